The highest BCUT2D eigenvalue weighted by atomic mass is 127. The second-order valence-electron chi connectivity index (χ2n) is 3.71. The molecule has 0 spiro atoms. The van der Waals surface area contributed by atoms with E-state index in [0.29, 0.717) is 12.8 Å². The first-order valence-electron chi connectivity index (χ1n) is 5.32. The Hall–Kier alpha value is -1.14. The van der Waals surface area contributed by atoms with E-state index in [1.54, 1.807) is 0 Å². The van der Waals surface area contributed by atoms with Gasteiger partial charge in [-0.05, 0) is 60.5 Å². The molecule has 1 amide bonds. The van der Waals surface area contributed by atoms with Crippen LogP contribution in [0.4, 0.5) is 11.5 Å². The van der Waals surface area contributed by atoms with Crippen molar-refractivity contribution in [1.29, 1.82) is 0 Å². The van der Waals surface area contributed by atoms with Crippen LogP contribution in [0.5, 0.6) is 0 Å². The van der Waals surface area contributed by atoms with Crippen molar-refractivity contribution >= 4 is 71.9 Å². The molecule has 0 aliphatic rings. The topological polar surface area (TPSA) is 98.0 Å². The maximum absolute atomic E-state index is 12.2. The fourth-order valence-electron chi connectivity index (χ4n) is 1.41. The Morgan fingerprint density at radius 2 is 2.10 bits per heavy atom. The second kappa shape index (κ2) is 6.75. The van der Waals surface area contributed by atoms with E-state index in [4.69, 9.17) is 0 Å². The Morgan fingerprint density at radius 1 is 1.38 bits per heavy atom. The monoisotopic (exact) mass is 526 g/mol. The summed E-state index contributed by atoms with van der Waals surface area (Å²) in [7, 11) is 0. The van der Waals surface area contributed by atoms with Gasteiger partial charge in [-0.3, -0.25) is 14.9 Å². The number of nitro groups is 1. The minimum Gasteiger partial charge on any atom is -0.304 e. The minimum absolute atomic E-state index is 0.151. The van der Waals surface area contributed by atoms with Crippen molar-refractivity contribution in [2.75, 3.05) is 5.32 Å². The van der Waals surface area contributed by atoms with Crippen LogP contribution >= 0.6 is 54.5 Å². The molecule has 10 heteroatoms. The molecule has 2 rings (SSSR count). The molecule has 7 nitrogen and oxygen atoms in total. The van der Waals surface area contributed by atoms with Gasteiger partial charge in [0.25, 0.3) is 11.6 Å². The first kappa shape index (κ1) is 16.2. The Bertz CT molecular complexity index is 741. The van der Waals surface area contributed by atoms with Gasteiger partial charge in [0.1, 0.15) is 9.21 Å². The van der Waals surface area contributed by atoms with Crippen LogP contribution in [-0.2, 0) is 0 Å². The summed E-state index contributed by atoms with van der Waals surface area (Å²) >= 11 is 8.26. The van der Waals surface area contributed by atoms with Crippen molar-refractivity contribution in [3.8, 4) is 0 Å². The number of hydrogen-bond acceptors (Lipinski definition) is 5. The largest absolute Gasteiger partial charge is 0.304 e. The number of carbonyl (C=O) groups is 1. The number of nitro benzene ring substituents is 1. The first-order valence-corrected chi connectivity index (χ1v) is 7.98. The number of non-ortho nitro benzene ring substituents is 1. The molecule has 0 fully saturated rings. The van der Waals surface area contributed by atoms with Crippen molar-refractivity contribution in [1.82, 2.24) is 9.97 Å². The molecule has 1 aromatic carbocycles. The molecule has 0 unspecified atom stereocenters. The predicted molar refractivity (Wildman–Crippen MR) is 91.2 cm³/mol. The summed E-state index contributed by atoms with van der Waals surface area (Å²) in [5, 5.41) is 13.3. The normalized spacial score (nSPS) is 10.2. The molecule has 21 heavy (non-hydrogen) atoms. The average Bonchev–Trinajstić information content (AvgIpc) is 2.42. The van der Waals surface area contributed by atoms with Crippen LogP contribution in [0.1, 0.15) is 10.4 Å². The summed E-state index contributed by atoms with van der Waals surface area (Å²) in [5.74, 6) is -0.272. The van der Waals surface area contributed by atoms with Gasteiger partial charge in [0.05, 0.1) is 16.7 Å². The molecule has 1 N–H and O–H groups in total. The molecule has 0 saturated carbocycles. The van der Waals surface area contributed by atoms with Crippen LogP contribution in [-0.4, -0.2) is 20.8 Å². The molecule has 0 saturated heterocycles. The van der Waals surface area contributed by atoms with Crippen LogP contribution in [0.15, 0.2) is 33.6 Å². The zero-order valence-electron chi connectivity index (χ0n) is 10.0. The highest BCUT2D eigenvalue weighted by Gasteiger charge is 2.17. The predicted octanol–water partition coefficient (Wildman–Crippen LogP) is 3.77. The van der Waals surface area contributed by atoms with Gasteiger partial charge in [0, 0.05) is 15.7 Å². The first-order chi connectivity index (χ1) is 9.88. The molecule has 2 aromatic rings. The molecular formula is C11H5Br2IN4O3. The number of benzene rings is 1. The molecule has 108 valence electrons. The summed E-state index contributed by atoms with van der Waals surface area (Å²) < 4.78 is 1.46. The number of amides is 1. The third-order valence-corrected chi connectivity index (χ3v) is 4.21. The van der Waals surface area contributed by atoms with Crippen LogP contribution in [0.2, 0.25) is 0 Å². The fraction of sp³-hybridized carbons (Fsp3) is 0. The molecule has 1 aromatic heterocycles. The molecule has 0 atom stereocenters. The quantitative estimate of drug-likeness (QED) is 0.372. The molecule has 0 radical (unpaired) electrons. The van der Waals surface area contributed by atoms with Crippen LogP contribution in [0.3, 0.4) is 0 Å². The van der Waals surface area contributed by atoms with E-state index in [9.17, 15) is 14.9 Å². The summed E-state index contributed by atoms with van der Waals surface area (Å²) in [6.07, 6.45) is 1.43. The number of anilines is 1. The van der Waals surface area contributed by atoms with E-state index in [-0.39, 0.29) is 17.1 Å². The number of halogens is 3. The SMILES string of the molecule is O=C(Nc1ncc(Br)nc1Br)c1cc([N+](=O)[O-])ccc1I. The zero-order valence-corrected chi connectivity index (χ0v) is 15.3. The van der Waals surface area contributed by atoms with Gasteiger partial charge in [-0.2, -0.15) is 0 Å². The number of nitrogens with one attached hydrogen (secondary N) is 1. The number of carbonyl (C=O) groups excluding carboxylic acids is 1. The van der Waals surface area contributed by atoms with Crippen molar-refractivity contribution in [3.63, 3.8) is 0 Å². The van der Waals surface area contributed by atoms with Gasteiger partial charge in [-0.15, -0.1) is 0 Å². The van der Waals surface area contributed by atoms with E-state index in [1.165, 1.54) is 24.4 Å². The maximum atomic E-state index is 12.2. The molecule has 0 bridgehead atoms. The third kappa shape index (κ3) is 3.95. The van der Waals surface area contributed by atoms with Crippen LogP contribution < -0.4 is 5.32 Å². The lowest BCUT2D eigenvalue weighted by atomic mass is 10.2. The van der Waals surface area contributed by atoms with E-state index >= 15 is 0 Å². The summed E-state index contributed by atoms with van der Waals surface area (Å²) in [5.41, 5.74) is 0.0444. The summed E-state index contributed by atoms with van der Waals surface area (Å²) in [6.45, 7) is 0. The number of nitrogens with zero attached hydrogens (tertiary/aromatic N) is 3. The Labute approximate surface area is 149 Å². The summed E-state index contributed by atoms with van der Waals surface area (Å²) in [4.78, 5) is 30.5. The van der Waals surface area contributed by atoms with Crippen LogP contribution in [0, 0.1) is 13.7 Å². The van der Waals surface area contributed by atoms with Gasteiger partial charge < -0.3 is 5.32 Å². The maximum Gasteiger partial charge on any atom is 0.270 e. The number of aromatic nitrogens is 2. The van der Waals surface area contributed by atoms with Crippen LogP contribution in [0.25, 0.3) is 0 Å². The van der Waals surface area contributed by atoms with Crippen molar-refractivity contribution < 1.29 is 9.72 Å². The van der Waals surface area contributed by atoms with E-state index in [0.717, 1.165) is 0 Å². The van der Waals surface area contributed by atoms with E-state index in [1.807, 2.05) is 22.6 Å². The van der Waals surface area contributed by atoms with Gasteiger partial charge in [0.15, 0.2) is 5.82 Å². The van der Waals surface area contributed by atoms with Crippen molar-refractivity contribution in [2.45, 2.75) is 0 Å². The minimum atomic E-state index is -0.553. The smallest absolute Gasteiger partial charge is 0.270 e. The van der Waals surface area contributed by atoms with Crippen molar-refractivity contribution in [2.24, 2.45) is 0 Å². The van der Waals surface area contributed by atoms with E-state index < -0.39 is 10.8 Å². The number of rotatable bonds is 3. The Kier molecular flexibility index (Phi) is 5.22. The molecule has 0 aliphatic heterocycles. The lowest BCUT2D eigenvalue weighted by Crippen LogP contribution is -2.15. The standard InChI is InChI=1S/C11H5Br2IN4O3/c12-8-4-15-10(9(13)16-8)17-11(19)6-3-5(18(20)21)1-2-7(6)14/h1-4H,(H,15,17,19). The molecule has 0 aliphatic carbocycles. The number of hydrogen-bond donors (Lipinski definition) is 1. The lowest BCUT2D eigenvalue weighted by molar-refractivity contribution is -0.384. The third-order valence-electron chi connectivity index (χ3n) is 2.34. The highest BCUT2D eigenvalue weighted by Crippen LogP contribution is 2.23. The highest BCUT2D eigenvalue weighted by molar-refractivity contribution is 14.1. The van der Waals surface area contributed by atoms with Gasteiger partial charge in [-0.25, -0.2) is 9.97 Å². The second-order valence-corrected chi connectivity index (χ2v) is 6.43. The average molecular weight is 528 g/mol. The Balaban J connectivity index is 2.32. The van der Waals surface area contributed by atoms with Gasteiger partial charge >= 0.3 is 0 Å². The molecular weight excluding hydrogens is 523 g/mol. The Morgan fingerprint density at radius 3 is 2.71 bits per heavy atom. The lowest BCUT2D eigenvalue weighted by Gasteiger charge is -2.07. The zero-order chi connectivity index (χ0) is 15.6. The van der Waals surface area contributed by atoms with Gasteiger partial charge in [0.2, 0.25) is 0 Å². The van der Waals surface area contributed by atoms with E-state index in [2.05, 4.69) is 47.1 Å². The van der Waals surface area contributed by atoms with Crippen molar-refractivity contribution in [3.05, 3.63) is 52.9 Å². The summed E-state index contributed by atoms with van der Waals surface area (Å²) in [6, 6.07) is 4.07. The fourth-order valence-corrected chi connectivity index (χ4v) is 2.90. The van der Waals surface area contributed by atoms with Gasteiger partial charge in [-0.1, -0.05) is 0 Å². The molecule has 1 heterocycles.